The second kappa shape index (κ2) is 5.05. The maximum atomic E-state index is 12.2. The highest BCUT2D eigenvalue weighted by Crippen LogP contribution is 2.16. The second-order valence-electron chi connectivity index (χ2n) is 4.19. The smallest absolute Gasteiger partial charge is 0.241 e. The molecular weight excluding hydrogens is 226 g/mol. The Balaban J connectivity index is 1.93. The zero-order valence-electron chi connectivity index (χ0n) is 9.36. The van der Waals surface area contributed by atoms with Crippen molar-refractivity contribution in [1.29, 1.82) is 0 Å². The molecule has 0 saturated carbocycles. The summed E-state index contributed by atoms with van der Waals surface area (Å²) in [4.78, 5) is 25.1. The molecule has 2 unspecified atom stereocenters. The summed E-state index contributed by atoms with van der Waals surface area (Å²) in [5.74, 6) is 2.10. The lowest BCUT2D eigenvalue weighted by atomic mass is 10.1. The normalized spacial score (nSPS) is 31.1. The highest BCUT2D eigenvalue weighted by atomic mass is 32.2. The van der Waals surface area contributed by atoms with E-state index in [0.29, 0.717) is 12.6 Å². The Morgan fingerprint density at radius 2 is 2.38 bits per heavy atom. The molecule has 2 rings (SSSR count). The molecule has 2 amide bonds. The van der Waals surface area contributed by atoms with Gasteiger partial charge in [0.15, 0.2) is 0 Å². The maximum absolute atomic E-state index is 12.2. The Morgan fingerprint density at radius 3 is 3.00 bits per heavy atom. The summed E-state index contributed by atoms with van der Waals surface area (Å²) >= 11 is 1.89. The fourth-order valence-electron chi connectivity index (χ4n) is 2.00. The first-order valence-electron chi connectivity index (χ1n) is 5.57. The maximum Gasteiger partial charge on any atom is 0.241 e. The number of hydrogen-bond donors (Lipinski definition) is 2. The van der Waals surface area contributed by atoms with Gasteiger partial charge in [-0.1, -0.05) is 0 Å². The molecule has 90 valence electrons. The summed E-state index contributed by atoms with van der Waals surface area (Å²) in [5, 5.41) is 5.69. The van der Waals surface area contributed by atoms with Gasteiger partial charge in [0, 0.05) is 30.6 Å². The van der Waals surface area contributed by atoms with Gasteiger partial charge in [-0.15, -0.1) is 0 Å². The zero-order chi connectivity index (χ0) is 11.5. The summed E-state index contributed by atoms with van der Waals surface area (Å²) in [6.07, 6.45) is 0. The number of carbonyl (C=O) groups excluding carboxylic acids is 2. The van der Waals surface area contributed by atoms with Gasteiger partial charge in [-0.2, -0.15) is 11.8 Å². The van der Waals surface area contributed by atoms with Crippen molar-refractivity contribution in [3.05, 3.63) is 0 Å². The summed E-state index contributed by atoms with van der Waals surface area (Å²) in [6.45, 7) is 3.55. The molecule has 2 aliphatic rings. The summed E-state index contributed by atoms with van der Waals surface area (Å²) in [7, 11) is 0. The number of hydrogen-bond acceptors (Lipinski definition) is 4. The first-order chi connectivity index (χ1) is 7.68. The average molecular weight is 243 g/mol. The second-order valence-corrected chi connectivity index (χ2v) is 5.34. The third-order valence-corrected chi connectivity index (χ3v) is 4.15. The van der Waals surface area contributed by atoms with Crippen LogP contribution in [0.1, 0.15) is 6.92 Å². The monoisotopic (exact) mass is 243 g/mol. The van der Waals surface area contributed by atoms with Crippen LogP contribution < -0.4 is 10.6 Å². The molecule has 0 aliphatic carbocycles. The van der Waals surface area contributed by atoms with Gasteiger partial charge in [0.1, 0.15) is 6.04 Å². The van der Waals surface area contributed by atoms with Crippen molar-refractivity contribution >= 4 is 23.6 Å². The minimum atomic E-state index is -0.247. The van der Waals surface area contributed by atoms with Crippen LogP contribution in [0.2, 0.25) is 0 Å². The van der Waals surface area contributed by atoms with Crippen molar-refractivity contribution in [2.45, 2.75) is 19.0 Å². The molecule has 2 atom stereocenters. The minimum Gasteiger partial charge on any atom is -0.353 e. The number of carbonyl (C=O) groups is 2. The standard InChI is InChI=1S/C10H17N3O2S/c1-7-6-16-3-2-13(7)10(15)8-4-12-9(14)5-11-8/h7-8,11H,2-6H2,1H3,(H,12,14). The Bertz CT molecular complexity index is 288. The predicted octanol–water partition coefficient (Wildman–Crippen LogP) is -0.962. The summed E-state index contributed by atoms with van der Waals surface area (Å²) in [5.41, 5.74) is 0. The molecule has 0 aromatic carbocycles. The molecule has 2 aliphatic heterocycles. The fourth-order valence-corrected chi connectivity index (χ4v) is 3.01. The van der Waals surface area contributed by atoms with Crippen LogP contribution >= 0.6 is 11.8 Å². The van der Waals surface area contributed by atoms with Gasteiger partial charge < -0.3 is 10.2 Å². The Morgan fingerprint density at radius 1 is 1.56 bits per heavy atom. The van der Waals surface area contributed by atoms with Crippen molar-refractivity contribution in [1.82, 2.24) is 15.5 Å². The van der Waals surface area contributed by atoms with E-state index in [2.05, 4.69) is 17.6 Å². The summed E-state index contributed by atoms with van der Waals surface area (Å²) in [6, 6.07) is 0.0499. The van der Waals surface area contributed by atoms with E-state index in [1.807, 2.05) is 16.7 Å². The van der Waals surface area contributed by atoms with Crippen molar-refractivity contribution in [3.8, 4) is 0 Å². The van der Waals surface area contributed by atoms with Gasteiger partial charge in [0.25, 0.3) is 0 Å². The largest absolute Gasteiger partial charge is 0.353 e. The SMILES string of the molecule is CC1CSCCN1C(=O)C1CNC(=O)CN1. The Labute approximate surface area is 99.3 Å². The minimum absolute atomic E-state index is 0.0358. The van der Waals surface area contributed by atoms with Crippen LogP contribution in [0.5, 0.6) is 0 Å². The number of rotatable bonds is 1. The van der Waals surface area contributed by atoms with Gasteiger partial charge in [-0.3, -0.25) is 14.9 Å². The Hall–Kier alpha value is -0.750. The number of nitrogens with zero attached hydrogens (tertiary/aromatic N) is 1. The zero-order valence-corrected chi connectivity index (χ0v) is 10.2. The van der Waals surface area contributed by atoms with Crippen LogP contribution in [0.4, 0.5) is 0 Å². The molecule has 2 saturated heterocycles. The topological polar surface area (TPSA) is 61.4 Å². The van der Waals surface area contributed by atoms with Crippen LogP contribution in [-0.4, -0.2) is 59.9 Å². The van der Waals surface area contributed by atoms with E-state index in [0.717, 1.165) is 18.1 Å². The van der Waals surface area contributed by atoms with E-state index in [-0.39, 0.29) is 24.4 Å². The number of piperazine rings is 1. The number of amides is 2. The first-order valence-corrected chi connectivity index (χ1v) is 6.72. The average Bonchev–Trinajstić information content (AvgIpc) is 2.30. The molecular formula is C10H17N3O2S. The van der Waals surface area contributed by atoms with Crippen LogP contribution in [0, 0.1) is 0 Å². The van der Waals surface area contributed by atoms with Gasteiger partial charge in [0.05, 0.1) is 6.54 Å². The third-order valence-electron chi connectivity index (χ3n) is 2.96. The van der Waals surface area contributed by atoms with Gasteiger partial charge in [0.2, 0.25) is 11.8 Å². The molecule has 5 nitrogen and oxygen atoms in total. The van der Waals surface area contributed by atoms with Crippen LogP contribution in [0.15, 0.2) is 0 Å². The van der Waals surface area contributed by atoms with Crippen molar-refractivity contribution in [3.63, 3.8) is 0 Å². The molecule has 0 aromatic rings. The third kappa shape index (κ3) is 2.49. The van der Waals surface area contributed by atoms with E-state index in [1.165, 1.54) is 0 Å². The van der Waals surface area contributed by atoms with Gasteiger partial charge >= 0.3 is 0 Å². The van der Waals surface area contributed by atoms with Crippen molar-refractivity contribution < 1.29 is 9.59 Å². The molecule has 0 aromatic heterocycles. The highest BCUT2D eigenvalue weighted by Gasteiger charge is 2.31. The molecule has 0 bridgehead atoms. The molecule has 2 fully saturated rings. The lowest BCUT2D eigenvalue weighted by molar-refractivity contribution is -0.136. The number of thioether (sulfide) groups is 1. The van der Waals surface area contributed by atoms with E-state index in [1.54, 1.807) is 0 Å². The molecule has 2 N–H and O–H groups in total. The quantitative estimate of drug-likeness (QED) is 0.622. The summed E-state index contributed by atoms with van der Waals surface area (Å²) < 4.78 is 0. The fraction of sp³-hybridized carbons (Fsp3) is 0.800. The Kier molecular flexibility index (Phi) is 3.70. The molecule has 6 heteroatoms. The van der Waals surface area contributed by atoms with Gasteiger partial charge in [-0.25, -0.2) is 0 Å². The molecule has 2 heterocycles. The number of nitrogens with one attached hydrogen (secondary N) is 2. The lowest BCUT2D eigenvalue weighted by Crippen LogP contribution is -2.60. The molecule has 0 radical (unpaired) electrons. The van der Waals surface area contributed by atoms with Crippen LogP contribution in [-0.2, 0) is 9.59 Å². The van der Waals surface area contributed by atoms with E-state index < -0.39 is 0 Å². The highest BCUT2D eigenvalue weighted by molar-refractivity contribution is 7.99. The first kappa shape index (κ1) is 11.7. The van der Waals surface area contributed by atoms with E-state index in [9.17, 15) is 9.59 Å². The molecule has 0 spiro atoms. The van der Waals surface area contributed by atoms with E-state index in [4.69, 9.17) is 0 Å². The molecule has 16 heavy (non-hydrogen) atoms. The van der Waals surface area contributed by atoms with Crippen molar-refractivity contribution in [2.24, 2.45) is 0 Å². The van der Waals surface area contributed by atoms with Gasteiger partial charge in [-0.05, 0) is 6.92 Å². The van der Waals surface area contributed by atoms with E-state index >= 15 is 0 Å². The van der Waals surface area contributed by atoms with Crippen molar-refractivity contribution in [2.75, 3.05) is 31.1 Å². The van der Waals surface area contributed by atoms with Crippen LogP contribution in [0.25, 0.3) is 0 Å². The predicted molar refractivity (Wildman–Crippen MR) is 63.3 cm³/mol. The van der Waals surface area contributed by atoms with Crippen LogP contribution in [0.3, 0.4) is 0 Å². The lowest BCUT2D eigenvalue weighted by Gasteiger charge is -2.36.